The number of aryl methyl sites for hydroxylation is 2. The Morgan fingerprint density at radius 3 is 2.48 bits per heavy atom. The predicted molar refractivity (Wildman–Crippen MR) is 99.1 cm³/mol. The molecule has 0 bridgehead atoms. The third-order valence-corrected chi connectivity index (χ3v) is 3.76. The van der Waals surface area contributed by atoms with Crippen molar-refractivity contribution in [3.05, 3.63) is 71.6 Å². The first-order chi connectivity index (χ1) is 11.8. The van der Waals surface area contributed by atoms with Gasteiger partial charge in [-0.1, -0.05) is 25.6 Å². The van der Waals surface area contributed by atoms with Crippen molar-refractivity contribution in [2.75, 3.05) is 6.61 Å². The number of carbonyl (C=O) groups is 1. The van der Waals surface area contributed by atoms with Crippen LogP contribution in [0.15, 0.2) is 59.0 Å². The molecule has 1 aromatic heterocycles. The summed E-state index contributed by atoms with van der Waals surface area (Å²) in [6.45, 7) is 2.53. The van der Waals surface area contributed by atoms with E-state index in [4.69, 9.17) is 9.15 Å². The molecule has 4 nitrogen and oxygen atoms in total. The molecule has 130 valence electrons. The third-order valence-electron chi connectivity index (χ3n) is 3.76. The molecule has 0 aliphatic rings. The molecule has 0 N–H and O–H groups in total. The Labute approximate surface area is 148 Å². The number of nitrogens with zero attached hydrogens (tertiary/aromatic N) is 1. The lowest BCUT2D eigenvalue weighted by molar-refractivity contribution is 0.112. The molecule has 0 radical (unpaired) electrons. The Bertz CT molecular complexity index is 792. The zero-order valence-corrected chi connectivity index (χ0v) is 13.6. The lowest BCUT2D eigenvalue weighted by Crippen LogP contribution is -2.00. The average molecular weight is 337 g/mol. The van der Waals surface area contributed by atoms with E-state index in [1.165, 1.54) is 0 Å². The number of ether oxygens (including phenoxy) is 1. The Kier molecular flexibility index (Phi) is 6.52. The van der Waals surface area contributed by atoms with E-state index in [-0.39, 0.29) is 7.43 Å². The summed E-state index contributed by atoms with van der Waals surface area (Å²) in [5, 5.41) is 0. The van der Waals surface area contributed by atoms with Crippen LogP contribution in [-0.4, -0.2) is 17.9 Å². The largest absolute Gasteiger partial charge is 0.494 e. The van der Waals surface area contributed by atoms with Gasteiger partial charge in [0.05, 0.1) is 12.3 Å². The van der Waals surface area contributed by atoms with Crippen LogP contribution in [0.5, 0.6) is 5.75 Å². The van der Waals surface area contributed by atoms with Gasteiger partial charge in [-0.2, -0.15) is 0 Å². The standard InChI is InChI=1S/C20H19NO3.CH4/c1-15-19(21-20(24-15)17-6-3-2-4-7-17)8-5-13-23-18-11-9-16(14-22)10-12-18;/h2-4,6-7,9-12,14H,5,8,13H2,1H3;1H4. The molecule has 0 aliphatic heterocycles. The van der Waals surface area contributed by atoms with Crippen molar-refractivity contribution in [1.82, 2.24) is 4.98 Å². The zero-order chi connectivity index (χ0) is 16.8. The minimum atomic E-state index is 0. The van der Waals surface area contributed by atoms with Crippen LogP contribution in [0, 0.1) is 6.92 Å². The molecule has 0 aliphatic carbocycles. The van der Waals surface area contributed by atoms with Gasteiger partial charge in [-0.25, -0.2) is 4.98 Å². The number of aldehydes is 1. The summed E-state index contributed by atoms with van der Waals surface area (Å²) in [5.41, 5.74) is 2.60. The summed E-state index contributed by atoms with van der Waals surface area (Å²) in [7, 11) is 0. The SMILES string of the molecule is C.Cc1oc(-c2ccccc2)nc1CCCOc1ccc(C=O)cc1. The fourth-order valence-electron chi connectivity index (χ4n) is 2.44. The van der Waals surface area contributed by atoms with Gasteiger partial charge in [0.25, 0.3) is 0 Å². The molecule has 0 saturated carbocycles. The first kappa shape index (κ1) is 18.5. The number of hydrogen-bond donors (Lipinski definition) is 0. The van der Waals surface area contributed by atoms with E-state index in [1.54, 1.807) is 24.3 Å². The number of hydrogen-bond acceptors (Lipinski definition) is 4. The average Bonchev–Trinajstić information content (AvgIpc) is 3.01. The van der Waals surface area contributed by atoms with Gasteiger partial charge in [0.15, 0.2) is 0 Å². The molecule has 1 heterocycles. The topological polar surface area (TPSA) is 52.3 Å². The van der Waals surface area contributed by atoms with Gasteiger partial charge >= 0.3 is 0 Å². The van der Waals surface area contributed by atoms with Crippen LogP contribution >= 0.6 is 0 Å². The smallest absolute Gasteiger partial charge is 0.226 e. The minimum absolute atomic E-state index is 0. The molecular formula is C21H23NO3. The molecule has 4 heteroatoms. The molecule has 0 atom stereocenters. The predicted octanol–water partition coefficient (Wildman–Crippen LogP) is 5.11. The van der Waals surface area contributed by atoms with Crippen molar-refractivity contribution < 1.29 is 13.9 Å². The van der Waals surface area contributed by atoms with Crippen molar-refractivity contribution in [2.24, 2.45) is 0 Å². The van der Waals surface area contributed by atoms with Gasteiger partial charge in [-0.3, -0.25) is 4.79 Å². The van der Waals surface area contributed by atoms with Crippen molar-refractivity contribution in [2.45, 2.75) is 27.2 Å². The van der Waals surface area contributed by atoms with Gasteiger partial charge in [0.1, 0.15) is 17.8 Å². The highest BCUT2D eigenvalue weighted by Gasteiger charge is 2.10. The highest BCUT2D eigenvalue weighted by molar-refractivity contribution is 5.74. The molecule has 3 aromatic rings. The van der Waals surface area contributed by atoms with Gasteiger partial charge in [0, 0.05) is 11.1 Å². The van der Waals surface area contributed by atoms with Crippen LogP contribution in [0.4, 0.5) is 0 Å². The van der Waals surface area contributed by atoms with E-state index >= 15 is 0 Å². The number of carbonyl (C=O) groups excluding carboxylic acids is 1. The summed E-state index contributed by atoms with van der Waals surface area (Å²) >= 11 is 0. The fourth-order valence-corrected chi connectivity index (χ4v) is 2.44. The number of rotatable bonds is 7. The Morgan fingerprint density at radius 1 is 1.08 bits per heavy atom. The number of benzene rings is 2. The minimum Gasteiger partial charge on any atom is -0.494 e. The van der Waals surface area contributed by atoms with Gasteiger partial charge in [0.2, 0.25) is 5.89 Å². The quantitative estimate of drug-likeness (QED) is 0.444. The van der Waals surface area contributed by atoms with E-state index in [0.717, 1.165) is 41.9 Å². The molecular weight excluding hydrogens is 314 g/mol. The number of aromatic nitrogens is 1. The van der Waals surface area contributed by atoms with Crippen LogP contribution in [-0.2, 0) is 6.42 Å². The lowest BCUT2D eigenvalue weighted by Gasteiger charge is -2.05. The zero-order valence-electron chi connectivity index (χ0n) is 13.6. The monoisotopic (exact) mass is 337 g/mol. The van der Waals surface area contributed by atoms with Crippen molar-refractivity contribution >= 4 is 6.29 Å². The Hall–Kier alpha value is -2.88. The van der Waals surface area contributed by atoms with E-state index < -0.39 is 0 Å². The summed E-state index contributed by atoms with van der Waals surface area (Å²) in [5.74, 6) is 2.28. The molecule has 3 rings (SSSR count). The second kappa shape index (κ2) is 8.83. The van der Waals surface area contributed by atoms with Crippen LogP contribution in [0.1, 0.15) is 35.7 Å². The molecule has 0 fully saturated rings. The maximum Gasteiger partial charge on any atom is 0.226 e. The maximum absolute atomic E-state index is 10.6. The highest BCUT2D eigenvalue weighted by atomic mass is 16.5. The summed E-state index contributed by atoms with van der Waals surface area (Å²) in [4.78, 5) is 15.2. The molecule has 0 spiro atoms. The summed E-state index contributed by atoms with van der Waals surface area (Å²) < 4.78 is 11.4. The Balaban J connectivity index is 0.00000225. The first-order valence-electron chi connectivity index (χ1n) is 7.96. The summed E-state index contributed by atoms with van der Waals surface area (Å²) in [6, 6.07) is 17.0. The second-order valence-corrected chi connectivity index (χ2v) is 5.53. The van der Waals surface area contributed by atoms with Crippen molar-refractivity contribution in [3.63, 3.8) is 0 Å². The lowest BCUT2D eigenvalue weighted by atomic mass is 10.2. The molecule has 0 amide bonds. The van der Waals surface area contributed by atoms with Crippen LogP contribution < -0.4 is 4.74 Å². The highest BCUT2D eigenvalue weighted by Crippen LogP contribution is 2.22. The van der Waals surface area contributed by atoms with Gasteiger partial charge in [-0.05, 0) is 56.2 Å². The molecule has 25 heavy (non-hydrogen) atoms. The fraction of sp³-hybridized carbons (Fsp3) is 0.238. The first-order valence-corrected chi connectivity index (χ1v) is 7.96. The molecule has 0 unspecified atom stereocenters. The van der Waals surface area contributed by atoms with E-state index in [9.17, 15) is 4.79 Å². The van der Waals surface area contributed by atoms with E-state index in [0.29, 0.717) is 18.1 Å². The van der Waals surface area contributed by atoms with Gasteiger partial charge < -0.3 is 9.15 Å². The summed E-state index contributed by atoms with van der Waals surface area (Å²) in [6.07, 6.45) is 2.47. The maximum atomic E-state index is 10.6. The second-order valence-electron chi connectivity index (χ2n) is 5.53. The molecule has 2 aromatic carbocycles. The van der Waals surface area contributed by atoms with Gasteiger partial charge in [-0.15, -0.1) is 0 Å². The Morgan fingerprint density at radius 2 is 1.80 bits per heavy atom. The van der Waals surface area contributed by atoms with Crippen LogP contribution in [0.25, 0.3) is 11.5 Å². The number of oxazole rings is 1. The van der Waals surface area contributed by atoms with Crippen molar-refractivity contribution in [3.8, 4) is 17.2 Å². The van der Waals surface area contributed by atoms with Crippen LogP contribution in [0.2, 0.25) is 0 Å². The van der Waals surface area contributed by atoms with E-state index in [1.807, 2.05) is 37.3 Å². The normalized spacial score (nSPS) is 10.1. The third kappa shape index (κ3) is 4.80. The van der Waals surface area contributed by atoms with Crippen molar-refractivity contribution in [1.29, 1.82) is 0 Å². The molecule has 0 saturated heterocycles. The van der Waals surface area contributed by atoms with Crippen LogP contribution in [0.3, 0.4) is 0 Å². The van der Waals surface area contributed by atoms with E-state index in [2.05, 4.69) is 4.98 Å².